The molecular formula is C20H18N2O5. The third-order valence-electron chi connectivity index (χ3n) is 4.90. The lowest BCUT2D eigenvalue weighted by molar-refractivity contribution is -0.147. The summed E-state index contributed by atoms with van der Waals surface area (Å²) in [6.07, 6.45) is 1.10. The molecule has 4 rings (SSSR count). The molecule has 3 aromatic rings. The first-order valence-corrected chi connectivity index (χ1v) is 8.76. The van der Waals surface area contributed by atoms with Crippen LogP contribution in [0.5, 0.6) is 0 Å². The van der Waals surface area contributed by atoms with Crippen molar-refractivity contribution in [3.8, 4) is 0 Å². The molecule has 2 aromatic carbocycles. The summed E-state index contributed by atoms with van der Waals surface area (Å²) in [6, 6.07) is 11.9. The predicted octanol–water partition coefficient (Wildman–Crippen LogP) is 2.39. The number of aliphatic carboxylic acids is 1. The number of nitrogens with zero attached hydrogens (tertiary/aromatic N) is 1. The Balaban J connectivity index is 1.49. The maximum absolute atomic E-state index is 12.5. The molecule has 138 valence electrons. The van der Waals surface area contributed by atoms with Gasteiger partial charge >= 0.3 is 5.97 Å². The first-order valence-electron chi connectivity index (χ1n) is 8.76. The smallest absolute Gasteiger partial charge is 0.326 e. The quantitative estimate of drug-likeness (QED) is 0.738. The average Bonchev–Trinajstić information content (AvgIpc) is 3.30. The number of nitrogens with one attached hydrogen (secondary N) is 1. The third-order valence-corrected chi connectivity index (χ3v) is 4.90. The van der Waals surface area contributed by atoms with Crippen molar-refractivity contribution < 1.29 is 23.9 Å². The Morgan fingerprint density at radius 2 is 1.89 bits per heavy atom. The number of carboxylic acids is 1. The van der Waals surface area contributed by atoms with Crippen LogP contribution in [0.25, 0.3) is 21.9 Å². The van der Waals surface area contributed by atoms with Crippen LogP contribution >= 0.6 is 0 Å². The van der Waals surface area contributed by atoms with E-state index in [4.69, 9.17) is 9.52 Å². The van der Waals surface area contributed by atoms with Crippen LogP contribution < -0.4 is 5.32 Å². The molecule has 1 aliphatic heterocycles. The second kappa shape index (κ2) is 6.75. The summed E-state index contributed by atoms with van der Waals surface area (Å²) in [5.74, 6) is -1.78. The summed E-state index contributed by atoms with van der Waals surface area (Å²) >= 11 is 0. The van der Waals surface area contributed by atoms with Crippen molar-refractivity contribution >= 4 is 39.7 Å². The Kier molecular flexibility index (Phi) is 4.27. The van der Waals surface area contributed by atoms with E-state index in [1.807, 2.05) is 24.3 Å². The summed E-state index contributed by atoms with van der Waals surface area (Å²) in [5, 5.41) is 13.5. The maximum Gasteiger partial charge on any atom is 0.326 e. The van der Waals surface area contributed by atoms with E-state index in [1.165, 1.54) is 4.90 Å². The van der Waals surface area contributed by atoms with E-state index < -0.39 is 12.0 Å². The zero-order chi connectivity index (χ0) is 19.0. The van der Waals surface area contributed by atoms with Gasteiger partial charge in [-0.2, -0.15) is 0 Å². The van der Waals surface area contributed by atoms with Crippen LogP contribution in [0.15, 0.2) is 46.9 Å². The molecule has 7 heteroatoms. The van der Waals surface area contributed by atoms with Crippen molar-refractivity contribution in [1.82, 2.24) is 10.2 Å². The lowest BCUT2D eigenvalue weighted by Gasteiger charge is -2.21. The van der Waals surface area contributed by atoms with Crippen LogP contribution in [0.4, 0.5) is 0 Å². The van der Waals surface area contributed by atoms with Crippen molar-refractivity contribution in [2.24, 2.45) is 0 Å². The van der Waals surface area contributed by atoms with Gasteiger partial charge in [-0.05, 0) is 37.1 Å². The van der Waals surface area contributed by atoms with Gasteiger partial charge in [0.15, 0.2) is 0 Å². The summed E-state index contributed by atoms with van der Waals surface area (Å²) in [6.45, 7) is 0.172. The van der Waals surface area contributed by atoms with E-state index in [-0.39, 0.29) is 18.4 Å². The monoisotopic (exact) mass is 366 g/mol. The standard InChI is InChI=1S/C20H18N2O5/c23-18(22-9-3-5-15(22)20(25)26)11-21-19(24)12-7-8-17-14(10-12)13-4-1-2-6-16(13)27-17/h1-2,4,6-8,10,15H,3,5,9,11H2,(H,21,24)(H,25,26)/t15-/m0/s1. The van der Waals surface area contributed by atoms with Crippen LogP contribution in [0.2, 0.25) is 0 Å². The predicted molar refractivity (Wildman–Crippen MR) is 98.4 cm³/mol. The zero-order valence-electron chi connectivity index (χ0n) is 14.5. The number of rotatable bonds is 4. The maximum atomic E-state index is 12.5. The Morgan fingerprint density at radius 3 is 2.70 bits per heavy atom. The van der Waals surface area contributed by atoms with E-state index in [2.05, 4.69) is 5.32 Å². The third kappa shape index (κ3) is 3.12. The molecule has 27 heavy (non-hydrogen) atoms. The second-order valence-electron chi connectivity index (χ2n) is 6.58. The minimum absolute atomic E-state index is 0.229. The van der Waals surface area contributed by atoms with E-state index in [1.54, 1.807) is 18.2 Å². The Bertz CT molecular complexity index is 1050. The van der Waals surface area contributed by atoms with Crippen molar-refractivity contribution in [2.45, 2.75) is 18.9 Å². The summed E-state index contributed by atoms with van der Waals surface area (Å²) in [4.78, 5) is 37.2. The van der Waals surface area contributed by atoms with Crippen LogP contribution in [0, 0.1) is 0 Å². The normalized spacial score (nSPS) is 16.7. The number of amides is 2. The highest BCUT2D eigenvalue weighted by Crippen LogP contribution is 2.29. The number of furan rings is 1. The van der Waals surface area contributed by atoms with Gasteiger partial charge < -0.3 is 19.7 Å². The Morgan fingerprint density at radius 1 is 1.11 bits per heavy atom. The van der Waals surface area contributed by atoms with Gasteiger partial charge in [0.05, 0.1) is 6.54 Å². The number of benzene rings is 2. The molecule has 1 saturated heterocycles. The molecule has 0 radical (unpaired) electrons. The lowest BCUT2D eigenvalue weighted by atomic mass is 10.1. The largest absolute Gasteiger partial charge is 0.480 e. The van der Waals surface area contributed by atoms with Crippen LogP contribution in [0.1, 0.15) is 23.2 Å². The molecule has 1 atom stereocenters. The minimum atomic E-state index is -1.01. The number of carbonyl (C=O) groups excluding carboxylic acids is 2. The molecule has 0 bridgehead atoms. The number of carboxylic acid groups (broad SMARTS) is 1. The van der Waals surface area contributed by atoms with Gasteiger partial charge in [-0.25, -0.2) is 4.79 Å². The molecule has 0 unspecified atom stereocenters. The van der Waals surface area contributed by atoms with Crippen LogP contribution in [-0.2, 0) is 9.59 Å². The SMILES string of the molecule is O=C(NCC(=O)N1CCC[C@H]1C(=O)O)c1ccc2oc3ccccc3c2c1. The number of fused-ring (bicyclic) bond motifs is 3. The van der Waals surface area contributed by atoms with Crippen LogP contribution in [0.3, 0.4) is 0 Å². The molecule has 2 heterocycles. The summed E-state index contributed by atoms with van der Waals surface area (Å²) in [5.41, 5.74) is 1.84. The van der Waals surface area contributed by atoms with Gasteiger partial charge in [-0.3, -0.25) is 9.59 Å². The van der Waals surface area contributed by atoms with Crippen molar-refractivity contribution in [3.05, 3.63) is 48.0 Å². The summed E-state index contributed by atoms with van der Waals surface area (Å²) in [7, 11) is 0. The van der Waals surface area contributed by atoms with Gasteiger partial charge in [0, 0.05) is 22.9 Å². The summed E-state index contributed by atoms with van der Waals surface area (Å²) < 4.78 is 5.74. The first-order chi connectivity index (χ1) is 13.0. The number of para-hydroxylation sites is 1. The molecular weight excluding hydrogens is 348 g/mol. The van der Waals surface area contributed by atoms with Gasteiger partial charge in [-0.15, -0.1) is 0 Å². The second-order valence-corrected chi connectivity index (χ2v) is 6.58. The Hall–Kier alpha value is -3.35. The first kappa shape index (κ1) is 17.1. The fraction of sp³-hybridized carbons (Fsp3) is 0.250. The topological polar surface area (TPSA) is 99.9 Å². The molecule has 1 aromatic heterocycles. The van der Waals surface area contributed by atoms with Gasteiger partial charge in [0.25, 0.3) is 5.91 Å². The highest BCUT2D eigenvalue weighted by atomic mass is 16.4. The Labute approximate surface area is 154 Å². The highest BCUT2D eigenvalue weighted by Gasteiger charge is 2.33. The van der Waals surface area contributed by atoms with E-state index in [0.29, 0.717) is 30.5 Å². The molecule has 2 amide bonds. The number of likely N-dealkylation sites (tertiary alicyclic amines) is 1. The van der Waals surface area contributed by atoms with E-state index >= 15 is 0 Å². The number of hydrogen-bond donors (Lipinski definition) is 2. The lowest BCUT2D eigenvalue weighted by Crippen LogP contribution is -2.45. The van der Waals surface area contributed by atoms with Crippen molar-refractivity contribution in [1.29, 1.82) is 0 Å². The molecule has 1 aliphatic rings. The molecule has 2 N–H and O–H groups in total. The molecule has 0 saturated carbocycles. The van der Waals surface area contributed by atoms with Gasteiger partial charge in [0.2, 0.25) is 5.91 Å². The van der Waals surface area contributed by atoms with Gasteiger partial charge in [0.1, 0.15) is 17.2 Å². The average molecular weight is 366 g/mol. The minimum Gasteiger partial charge on any atom is -0.480 e. The fourth-order valence-electron chi connectivity index (χ4n) is 3.55. The highest BCUT2D eigenvalue weighted by molar-refractivity contribution is 6.08. The molecule has 1 fully saturated rings. The van der Waals surface area contributed by atoms with Gasteiger partial charge in [-0.1, -0.05) is 18.2 Å². The molecule has 7 nitrogen and oxygen atoms in total. The number of carbonyl (C=O) groups is 3. The number of hydrogen-bond acceptors (Lipinski definition) is 4. The zero-order valence-corrected chi connectivity index (χ0v) is 14.5. The van der Waals surface area contributed by atoms with Crippen molar-refractivity contribution in [3.63, 3.8) is 0 Å². The van der Waals surface area contributed by atoms with E-state index in [0.717, 1.165) is 16.4 Å². The molecule has 0 aliphatic carbocycles. The van der Waals surface area contributed by atoms with Crippen LogP contribution in [-0.4, -0.2) is 46.9 Å². The van der Waals surface area contributed by atoms with E-state index in [9.17, 15) is 14.4 Å². The molecule has 0 spiro atoms. The fourth-order valence-corrected chi connectivity index (χ4v) is 3.55. The van der Waals surface area contributed by atoms with Crippen molar-refractivity contribution in [2.75, 3.05) is 13.1 Å².